The summed E-state index contributed by atoms with van der Waals surface area (Å²) in [6, 6.07) is 4.43. The maximum absolute atomic E-state index is 12.4. The topological polar surface area (TPSA) is 75.9 Å². The molecule has 0 saturated carbocycles. The molecule has 2 rings (SSSR count). The van der Waals surface area contributed by atoms with Crippen LogP contribution in [0.4, 0.5) is 5.69 Å². The molecule has 23 heavy (non-hydrogen) atoms. The van der Waals surface area contributed by atoms with Crippen LogP contribution >= 0.6 is 0 Å². The van der Waals surface area contributed by atoms with Crippen molar-refractivity contribution in [3.63, 3.8) is 0 Å². The van der Waals surface area contributed by atoms with Gasteiger partial charge in [-0.15, -0.1) is 0 Å². The molecule has 0 unspecified atom stereocenters. The summed E-state index contributed by atoms with van der Waals surface area (Å²) >= 11 is 0. The molecule has 1 aliphatic rings. The lowest BCUT2D eigenvalue weighted by atomic mass is 10.1. The molecule has 0 aliphatic carbocycles. The van der Waals surface area contributed by atoms with Crippen LogP contribution in [0.25, 0.3) is 0 Å². The fourth-order valence-corrected chi connectivity index (χ4v) is 2.49. The Morgan fingerprint density at radius 2 is 1.96 bits per heavy atom. The highest BCUT2D eigenvalue weighted by atomic mass is 16.6. The number of hydrogen-bond acceptors (Lipinski definition) is 6. The third-order valence-corrected chi connectivity index (χ3v) is 3.80. The fraction of sp³-hybridized carbons (Fsp3) is 0.562. The van der Waals surface area contributed by atoms with Gasteiger partial charge < -0.3 is 9.64 Å². The summed E-state index contributed by atoms with van der Waals surface area (Å²) in [7, 11) is 2.05. The summed E-state index contributed by atoms with van der Waals surface area (Å²) in [5.41, 5.74) is 0.190. The normalized spacial score (nSPS) is 16.5. The summed E-state index contributed by atoms with van der Waals surface area (Å²) in [6.07, 6.45) is -0.166. The zero-order chi connectivity index (χ0) is 17.0. The summed E-state index contributed by atoms with van der Waals surface area (Å²) in [5, 5.41) is 11.2. The minimum absolute atomic E-state index is 0.103. The van der Waals surface area contributed by atoms with Gasteiger partial charge in [0, 0.05) is 37.8 Å². The van der Waals surface area contributed by atoms with Gasteiger partial charge in [0.15, 0.2) is 11.5 Å². The first kappa shape index (κ1) is 17.4. The molecule has 0 aromatic heterocycles. The molecule has 1 heterocycles. The number of hydrogen-bond donors (Lipinski definition) is 0. The Morgan fingerprint density at radius 3 is 2.52 bits per heavy atom. The number of nitro benzene ring substituents is 1. The molecule has 0 atom stereocenters. The molecule has 7 nitrogen and oxygen atoms in total. The van der Waals surface area contributed by atoms with Crippen LogP contribution in [0.3, 0.4) is 0 Å². The lowest BCUT2D eigenvalue weighted by Crippen LogP contribution is -2.46. The Bertz CT molecular complexity index is 581. The second kappa shape index (κ2) is 7.52. The van der Waals surface area contributed by atoms with Gasteiger partial charge in [-0.2, -0.15) is 0 Å². The van der Waals surface area contributed by atoms with Crippen molar-refractivity contribution in [2.45, 2.75) is 20.0 Å². The van der Waals surface area contributed by atoms with E-state index in [2.05, 4.69) is 16.8 Å². The van der Waals surface area contributed by atoms with Crippen molar-refractivity contribution >= 4 is 11.5 Å². The van der Waals surface area contributed by atoms with Gasteiger partial charge in [0.1, 0.15) is 0 Å². The van der Waals surface area contributed by atoms with Gasteiger partial charge in [-0.05, 0) is 33.0 Å². The Balaban J connectivity index is 2.11. The summed E-state index contributed by atoms with van der Waals surface area (Å²) in [5.74, 6) is 0.0925. The quantitative estimate of drug-likeness (QED) is 0.452. The molecule has 0 radical (unpaired) electrons. The van der Waals surface area contributed by atoms with Gasteiger partial charge in [-0.1, -0.05) is 0 Å². The number of likely N-dealkylation sites (N-methyl/N-ethyl adjacent to an activating group) is 1. The van der Waals surface area contributed by atoms with Crippen molar-refractivity contribution in [1.29, 1.82) is 0 Å². The molecule has 0 spiro atoms. The van der Waals surface area contributed by atoms with E-state index in [1.165, 1.54) is 12.1 Å². The number of piperazine rings is 1. The zero-order valence-electron chi connectivity index (χ0n) is 13.8. The van der Waals surface area contributed by atoms with Crippen molar-refractivity contribution in [3.05, 3.63) is 33.9 Å². The first-order valence-corrected chi connectivity index (χ1v) is 7.76. The fourth-order valence-electron chi connectivity index (χ4n) is 2.49. The molecule has 7 heteroatoms. The van der Waals surface area contributed by atoms with Crippen LogP contribution in [0, 0.1) is 10.1 Å². The smallest absolute Gasteiger partial charge is 0.311 e. The molecular formula is C16H23N3O4. The SMILES string of the molecule is CC(C)Oc1ccc(C(=O)CN2CCN(C)CC2)cc1[N+](=O)[O-]. The number of ketones is 1. The number of carbonyl (C=O) groups is 1. The molecule has 126 valence electrons. The van der Waals surface area contributed by atoms with E-state index in [9.17, 15) is 14.9 Å². The molecular weight excluding hydrogens is 298 g/mol. The van der Waals surface area contributed by atoms with Crippen LogP contribution in [-0.4, -0.2) is 66.4 Å². The lowest BCUT2D eigenvalue weighted by molar-refractivity contribution is -0.386. The number of benzene rings is 1. The molecule has 1 saturated heterocycles. The second-order valence-electron chi connectivity index (χ2n) is 6.11. The number of nitro groups is 1. The predicted molar refractivity (Wildman–Crippen MR) is 87.1 cm³/mol. The van der Waals surface area contributed by atoms with Gasteiger partial charge in [0.2, 0.25) is 0 Å². The van der Waals surface area contributed by atoms with Gasteiger partial charge >= 0.3 is 5.69 Å². The first-order chi connectivity index (χ1) is 10.9. The van der Waals surface area contributed by atoms with E-state index in [0.29, 0.717) is 5.56 Å². The number of ether oxygens (including phenoxy) is 1. The van der Waals surface area contributed by atoms with Gasteiger partial charge in [0.25, 0.3) is 0 Å². The summed E-state index contributed by atoms with van der Waals surface area (Å²) in [4.78, 5) is 27.4. The average molecular weight is 321 g/mol. The monoisotopic (exact) mass is 321 g/mol. The van der Waals surface area contributed by atoms with Gasteiger partial charge in [-0.3, -0.25) is 19.8 Å². The molecule has 0 amide bonds. The van der Waals surface area contributed by atoms with Crippen molar-refractivity contribution in [2.24, 2.45) is 0 Å². The van der Waals surface area contributed by atoms with E-state index in [-0.39, 0.29) is 29.9 Å². The highest BCUT2D eigenvalue weighted by Gasteiger charge is 2.22. The third-order valence-electron chi connectivity index (χ3n) is 3.80. The van der Waals surface area contributed by atoms with Crippen LogP contribution in [0.5, 0.6) is 5.75 Å². The molecule has 1 aromatic carbocycles. The van der Waals surface area contributed by atoms with Crippen LogP contribution in [-0.2, 0) is 0 Å². The Morgan fingerprint density at radius 1 is 1.30 bits per heavy atom. The first-order valence-electron chi connectivity index (χ1n) is 7.76. The Hall–Kier alpha value is -1.99. The van der Waals surface area contributed by atoms with E-state index in [4.69, 9.17) is 4.74 Å². The molecule has 0 N–H and O–H groups in total. The van der Waals surface area contributed by atoms with Crippen molar-refractivity contribution < 1.29 is 14.5 Å². The minimum Gasteiger partial charge on any atom is -0.484 e. The maximum Gasteiger partial charge on any atom is 0.311 e. The highest BCUT2D eigenvalue weighted by Crippen LogP contribution is 2.29. The highest BCUT2D eigenvalue weighted by molar-refractivity contribution is 5.98. The summed E-state index contributed by atoms with van der Waals surface area (Å²) in [6.45, 7) is 7.41. The molecule has 1 fully saturated rings. The van der Waals surface area contributed by atoms with Crippen LogP contribution in [0.2, 0.25) is 0 Å². The Kier molecular flexibility index (Phi) is 5.68. The second-order valence-corrected chi connectivity index (χ2v) is 6.11. The van der Waals surface area contributed by atoms with Crippen molar-refractivity contribution in [2.75, 3.05) is 39.8 Å². The maximum atomic E-state index is 12.4. The lowest BCUT2D eigenvalue weighted by Gasteiger charge is -2.31. The summed E-state index contributed by atoms with van der Waals surface area (Å²) < 4.78 is 5.43. The van der Waals surface area contributed by atoms with E-state index in [0.717, 1.165) is 26.2 Å². The van der Waals surface area contributed by atoms with E-state index in [1.54, 1.807) is 19.9 Å². The predicted octanol–water partition coefficient (Wildman–Crippen LogP) is 1.81. The largest absolute Gasteiger partial charge is 0.484 e. The number of carbonyl (C=O) groups excluding carboxylic acids is 1. The van der Waals surface area contributed by atoms with Crippen molar-refractivity contribution in [3.8, 4) is 5.75 Å². The van der Waals surface area contributed by atoms with Gasteiger partial charge in [0.05, 0.1) is 17.6 Å². The number of Topliss-reactive ketones (excluding diaryl/α,β-unsaturated/α-hetero) is 1. The van der Waals surface area contributed by atoms with Gasteiger partial charge in [-0.25, -0.2) is 0 Å². The molecule has 1 aromatic rings. The minimum atomic E-state index is -0.510. The van der Waals surface area contributed by atoms with Crippen LogP contribution in [0.1, 0.15) is 24.2 Å². The van der Waals surface area contributed by atoms with Crippen molar-refractivity contribution in [1.82, 2.24) is 9.80 Å². The van der Waals surface area contributed by atoms with E-state index >= 15 is 0 Å². The average Bonchev–Trinajstić information content (AvgIpc) is 2.49. The number of rotatable bonds is 6. The van der Waals surface area contributed by atoms with Crippen LogP contribution in [0.15, 0.2) is 18.2 Å². The number of nitrogens with zero attached hydrogens (tertiary/aromatic N) is 3. The Labute approximate surface area is 136 Å². The van der Waals surface area contributed by atoms with E-state index < -0.39 is 4.92 Å². The zero-order valence-corrected chi connectivity index (χ0v) is 13.8. The van der Waals surface area contributed by atoms with E-state index in [1.807, 2.05) is 0 Å². The van der Waals surface area contributed by atoms with Crippen LogP contribution < -0.4 is 4.74 Å². The standard InChI is InChI=1S/C16H23N3O4/c1-12(2)23-16-5-4-13(10-14(16)19(21)22)15(20)11-18-8-6-17(3)7-9-18/h4-5,10,12H,6-9,11H2,1-3H3. The molecule has 0 bridgehead atoms. The molecule has 1 aliphatic heterocycles. The third kappa shape index (κ3) is 4.74.